The number of benzene rings is 1. The van der Waals surface area contributed by atoms with Crippen molar-refractivity contribution >= 4 is 6.09 Å². The zero-order valence-corrected chi connectivity index (χ0v) is 8.24. The lowest BCUT2D eigenvalue weighted by atomic mass is 10.0. The zero-order valence-electron chi connectivity index (χ0n) is 8.24. The van der Waals surface area contributed by atoms with Crippen LogP contribution in [0.2, 0.25) is 0 Å². The van der Waals surface area contributed by atoms with Gasteiger partial charge in [0.15, 0.2) is 0 Å². The second kappa shape index (κ2) is 4.75. The van der Waals surface area contributed by atoms with Crippen molar-refractivity contribution in [3.8, 4) is 0 Å². The van der Waals surface area contributed by atoms with E-state index in [2.05, 4.69) is 0 Å². The van der Waals surface area contributed by atoms with Crippen molar-refractivity contribution in [1.82, 2.24) is 0 Å². The summed E-state index contributed by atoms with van der Waals surface area (Å²) < 4.78 is 17.9. The van der Waals surface area contributed by atoms with Crippen LogP contribution in [-0.2, 0) is 11.3 Å². The minimum atomic E-state index is -0.935. The molecule has 0 aromatic heterocycles. The number of aliphatic hydroxyl groups is 1. The van der Waals surface area contributed by atoms with Crippen LogP contribution in [-0.4, -0.2) is 11.2 Å². The Morgan fingerprint density at radius 2 is 2.33 bits per heavy atom. The largest absolute Gasteiger partial charge is 0.442 e. The van der Waals surface area contributed by atoms with Crippen molar-refractivity contribution < 1.29 is 19.0 Å². The summed E-state index contributed by atoms with van der Waals surface area (Å²) >= 11 is 0. The maximum Gasteiger partial charge on any atom is 0.405 e. The Balaban J connectivity index is 3.02. The van der Waals surface area contributed by atoms with Crippen LogP contribution in [0.15, 0.2) is 18.2 Å². The normalized spacial score (nSPS) is 12.2. The first-order chi connectivity index (χ1) is 7.06. The molecule has 0 fully saturated rings. The molecule has 4 nitrogen and oxygen atoms in total. The van der Waals surface area contributed by atoms with Gasteiger partial charge < -0.3 is 15.6 Å². The monoisotopic (exact) mass is 213 g/mol. The van der Waals surface area contributed by atoms with Crippen molar-refractivity contribution in [2.75, 3.05) is 0 Å². The van der Waals surface area contributed by atoms with E-state index in [1.165, 1.54) is 12.1 Å². The summed E-state index contributed by atoms with van der Waals surface area (Å²) in [5.74, 6) is -0.532. The summed E-state index contributed by atoms with van der Waals surface area (Å²) in [6.45, 7) is 1.10. The summed E-state index contributed by atoms with van der Waals surface area (Å²) in [5.41, 5.74) is 5.37. The van der Waals surface area contributed by atoms with Crippen LogP contribution in [0.25, 0.3) is 0 Å². The highest BCUT2D eigenvalue weighted by molar-refractivity contribution is 5.65. The Bertz CT molecular complexity index is 368. The number of carbonyl (C=O) groups is 1. The SMILES string of the molecule is C[C@H](OC(N)=O)c1cccc(F)c1CO. The lowest BCUT2D eigenvalue weighted by Gasteiger charge is -2.15. The molecule has 0 radical (unpaired) electrons. The van der Waals surface area contributed by atoms with Crippen LogP contribution in [0.4, 0.5) is 9.18 Å². The van der Waals surface area contributed by atoms with Crippen LogP contribution < -0.4 is 5.73 Å². The average molecular weight is 213 g/mol. The van der Waals surface area contributed by atoms with Gasteiger partial charge in [0.1, 0.15) is 11.9 Å². The first-order valence-electron chi connectivity index (χ1n) is 4.40. The predicted molar refractivity (Wildman–Crippen MR) is 51.4 cm³/mol. The van der Waals surface area contributed by atoms with E-state index in [-0.39, 0.29) is 5.56 Å². The smallest absolute Gasteiger partial charge is 0.405 e. The van der Waals surface area contributed by atoms with Crippen molar-refractivity contribution in [2.24, 2.45) is 5.73 Å². The molecule has 1 aromatic rings. The molecule has 0 heterocycles. The van der Waals surface area contributed by atoms with Crippen LogP contribution in [0.5, 0.6) is 0 Å². The van der Waals surface area contributed by atoms with E-state index in [9.17, 15) is 9.18 Å². The molecular formula is C10H12FNO3. The molecule has 3 N–H and O–H groups in total. The number of aliphatic hydroxyl groups excluding tert-OH is 1. The first kappa shape index (κ1) is 11.5. The van der Waals surface area contributed by atoms with Gasteiger partial charge in [-0.25, -0.2) is 9.18 Å². The molecule has 0 unspecified atom stereocenters. The topological polar surface area (TPSA) is 72.5 Å². The number of carbonyl (C=O) groups excluding carboxylic acids is 1. The highest BCUT2D eigenvalue weighted by atomic mass is 19.1. The molecule has 1 amide bonds. The fraction of sp³-hybridized carbons (Fsp3) is 0.300. The van der Waals surface area contributed by atoms with Gasteiger partial charge in [-0.05, 0) is 13.0 Å². The van der Waals surface area contributed by atoms with Gasteiger partial charge >= 0.3 is 6.09 Å². The highest BCUT2D eigenvalue weighted by Gasteiger charge is 2.15. The van der Waals surface area contributed by atoms with Gasteiger partial charge in [-0.3, -0.25) is 0 Å². The predicted octanol–water partition coefficient (Wildman–Crippen LogP) is 1.47. The minimum absolute atomic E-state index is 0.117. The number of primary amides is 1. The zero-order chi connectivity index (χ0) is 11.4. The molecule has 0 bridgehead atoms. The summed E-state index contributed by atoms with van der Waals surface area (Å²) in [7, 11) is 0. The quantitative estimate of drug-likeness (QED) is 0.798. The molecule has 0 aliphatic rings. The minimum Gasteiger partial charge on any atom is -0.442 e. The molecule has 0 spiro atoms. The van der Waals surface area contributed by atoms with Crippen LogP contribution in [0, 0.1) is 5.82 Å². The summed E-state index contributed by atoms with van der Waals surface area (Å²) in [6.07, 6.45) is -1.61. The Hall–Kier alpha value is -1.62. The van der Waals surface area contributed by atoms with Gasteiger partial charge in [0.2, 0.25) is 0 Å². The van der Waals surface area contributed by atoms with Crippen LogP contribution in [0.3, 0.4) is 0 Å². The van der Waals surface area contributed by atoms with Crippen LogP contribution >= 0.6 is 0 Å². The van der Waals surface area contributed by atoms with Gasteiger partial charge in [0.05, 0.1) is 6.61 Å². The number of rotatable bonds is 3. The first-order valence-corrected chi connectivity index (χ1v) is 4.40. The van der Waals surface area contributed by atoms with Gasteiger partial charge in [-0.15, -0.1) is 0 Å². The molecule has 1 atom stereocenters. The number of hydrogen-bond donors (Lipinski definition) is 2. The number of ether oxygens (including phenoxy) is 1. The van der Waals surface area contributed by atoms with Crippen LogP contribution in [0.1, 0.15) is 24.2 Å². The van der Waals surface area contributed by atoms with E-state index >= 15 is 0 Å². The van der Waals surface area contributed by atoms with Crippen molar-refractivity contribution in [3.05, 3.63) is 35.1 Å². The van der Waals surface area contributed by atoms with E-state index in [1.54, 1.807) is 13.0 Å². The van der Waals surface area contributed by atoms with Crippen molar-refractivity contribution in [1.29, 1.82) is 0 Å². The van der Waals surface area contributed by atoms with Gasteiger partial charge in [-0.1, -0.05) is 12.1 Å². The lowest BCUT2D eigenvalue weighted by molar-refractivity contribution is 0.115. The average Bonchev–Trinajstić information content (AvgIpc) is 2.16. The number of nitrogens with two attached hydrogens (primary N) is 1. The Kier molecular flexibility index (Phi) is 3.62. The molecule has 82 valence electrons. The Morgan fingerprint density at radius 3 is 2.87 bits per heavy atom. The standard InChI is InChI=1S/C10H12FNO3/c1-6(15-10(12)14)7-3-2-4-9(11)8(7)5-13/h2-4,6,13H,5H2,1H3,(H2,12,14)/t6-/m0/s1. The molecule has 0 saturated carbocycles. The third-order valence-electron chi connectivity index (χ3n) is 2.04. The summed E-state index contributed by atoms with van der Waals surface area (Å²) in [6, 6.07) is 4.28. The third-order valence-corrected chi connectivity index (χ3v) is 2.04. The van der Waals surface area contributed by atoms with E-state index in [1.807, 2.05) is 0 Å². The van der Waals surface area contributed by atoms with Gasteiger partial charge in [0, 0.05) is 11.1 Å². The van der Waals surface area contributed by atoms with Crippen molar-refractivity contribution in [2.45, 2.75) is 19.6 Å². The van der Waals surface area contributed by atoms with E-state index in [4.69, 9.17) is 15.6 Å². The molecule has 0 aliphatic heterocycles. The molecule has 1 rings (SSSR count). The maximum absolute atomic E-state index is 13.2. The molecule has 5 heteroatoms. The third kappa shape index (κ3) is 2.66. The maximum atomic E-state index is 13.2. The molecule has 0 saturated heterocycles. The summed E-state index contributed by atoms with van der Waals surface area (Å²) in [4.78, 5) is 10.5. The van der Waals surface area contributed by atoms with Gasteiger partial charge in [0.25, 0.3) is 0 Å². The molecule has 15 heavy (non-hydrogen) atoms. The Labute approximate surface area is 86.5 Å². The number of halogens is 1. The van der Waals surface area contributed by atoms with E-state index in [0.29, 0.717) is 5.56 Å². The Morgan fingerprint density at radius 1 is 1.67 bits per heavy atom. The second-order valence-corrected chi connectivity index (χ2v) is 3.04. The van der Waals surface area contributed by atoms with E-state index < -0.39 is 24.6 Å². The fourth-order valence-electron chi connectivity index (χ4n) is 1.36. The molecular weight excluding hydrogens is 201 g/mol. The van der Waals surface area contributed by atoms with Gasteiger partial charge in [-0.2, -0.15) is 0 Å². The summed E-state index contributed by atoms with van der Waals surface area (Å²) in [5, 5.41) is 8.97. The molecule has 0 aliphatic carbocycles. The highest BCUT2D eigenvalue weighted by Crippen LogP contribution is 2.23. The number of amides is 1. The fourth-order valence-corrected chi connectivity index (χ4v) is 1.36. The van der Waals surface area contributed by atoms with Crippen molar-refractivity contribution in [3.63, 3.8) is 0 Å². The lowest BCUT2D eigenvalue weighted by Crippen LogP contribution is -2.16. The number of hydrogen-bond acceptors (Lipinski definition) is 3. The second-order valence-electron chi connectivity index (χ2n) is 3.04. The molecule has 1 aromatic carbocycles. The van der Waals surface area contributed by atoms with E-state index in [0.717, 1.165) is 0 Å².